The second-order valence-corrected chi connectivity index (χ2v) is 3.95. The Labute approximate surface area is 96.1 Å². The first kappa shape index (κ1) is 11.7. The maximum Gasteiger partial charge on any atom is 0.252 e. The molecule has 1 rings (SSSR count). The third kappa shape index (κ3) is 3.32. The van der Waals surface area contributed by atoms with Gasteiger partial charge in [-0.2, -0.15) is 0 Å². The molecule has 0 fully saturated rings. The summed E-state index contributed by atoms with van der Waals surface area (Å²) in [6.45, 7) is 1.31. The highest BCUT2D eigenvalue weighted by molar-refractivity contribution is 9.10. The molecule has 1 aromatic carbocycles. The van der Waals surface area contributed by atoms with Gasteiger partial charge >= 0.3 is 0 Å². The van der Waals surface area contributed by atoms with Crippen molar-refractivity contribution in [3.8, 4) is 0 Å². The van der Waals surface area contributed by atoms with E-state index in [0.717, 1.165) is 10.0 Å². The molecule has 0 saturated carbocycles. The number of carbonyl (C=O) groups excluding carboxylic acids is 2. The van der Waals surface area contributed by atoms with E-state index in [9.17, 15) is 9.59 Å². The lowest BCUT2D eigenvalue weighted by Crippen LogP contribution is -2.18. The second kappa shape index (κ2) is 4.89. The van der Waals surface area contributed by atoms with Crippen LogP contribution in [0.3, 0.4) is 0 Å². The zero-order valence-corrected chi connectivity index (χ0v) is 9.74. The van der Waals surface area contributed by atoms with E-state index in [4.69, 9.17) is 5.73 Å². The van der Waals surface area contributed by atoms with E-state index in [1.54, 1.807) is 12.1 Å². The van der Waals surface area contributed by atoms with Gasteiger partial charge in [0, 0.05) is 4.47 Å². The molecule has 1 aromatic rings. The lowest BCUT2D eigenvalue weighted by Gasteiger charge is -1.98. The van der Waals surface area contributed by atoms with Crippen LogP contribution in [0.4, 0.5) is 0 Å². The molecule has 1 amide bonds. The molecule has 0 bridgehead atoms. The minimum Gasteiger partial charge on any atom is -0.365 e. The molecule has 0 aromatic heterocycles. The number of halogens is 1. The van der Waals surface area contributed by atoms with Crippen LogP contribution < -0.4 is 5.73 Å². The van der Waals surface area contributed by atoms with E-state index in [0.29, 0.717) is 0 Å². The molecular weight excluding hydrogens is 258 g/mol. The van der Waals surface area contributed by atoms with Gasteiger partial charge in [0.05, 0.1) is 5.57 Å². The molecule has 0 atom stereocenters. The van der Waals surface area contributed by atoms with Crippen LogP contribution in [-0.2, 0) is 9.59 Å². The Kier molecular flexibility index (Phi) is 3.80. The molecule has 0 spiro atoms. The van der Waals surface area contributed by atoms with Crippen molar-refractivity contribution < 1.29 is 9.59 Å². The SMILES string of the molecule is CC(=O)/C(=C/c1ccc(Br)cc1)C(N)=O. The molecule has 3 nitrogen and oxygen atoms in total. The minimum atomic E-state index is -0.703. The summed E-state index contributed by atoms with van der Waals surface area (Å²) in [4.78, 5) is 22.0. The summed E-state index contributed by atoms with van der Waals surface area (Å²) in [6.07, 6.45) is 1.48. The first-order chi connectivity index (χ1) is 7.00. The smallest absolute Gasteiger partial charge is 0.252 e. The predicted octanol–water partition coefficient (Wildman–Crippen LogP) is 1.91. The Bertz CT molecular complexity index is 405. The topological polar surface area (TPSA) is 60.2 Å². The standard InChI is InChI=1S/C11H10BrNO2/c1-7(14)10(11(13)15)6-8-2-4-9(12)5-3-8/h2-6H,1H3,(H2,13,15)/b10-6-. The highest BCUT2D eigenvalue weighted by Crippen LogP contribution is 2.13. The zero-order chi connectivity index (χ0) is 11.4. The molecule has 0 heterocycles. The van der Waals surface area contributed by atoms with Crippen LogP contribution in [0.15, 0.2) is 34.3 Å². The van der Waals surface area contributed by atoms with Gasteiger partial charge in [-0.15, -0.1) is 0 Å². The minimum absolute atomic E-state index is 0.0114. The molecule has 15 heavy (non-hydrogen) atoms. The number of carbonyl (C=O) groups is 2. The first-order valence-electron chi connectivity index (χ1n) is 4.28. The zero-order valence-electron chi connectivity index (χ0n) is 8.16. The highest BCUT2D eigenvalue weighted by Gasteiger charge is 2.09. The van der Waals surface area contributed by atoms with Gasteiger partial charge in [0.15, 0.2) is 5.78 Å². The number of Topliss-reactive ketones (excluding diaryl/α,β-unsaturated/α-hetero) is 1. The van der Waals surface area contributed by atoms with Gasteiger partial charge < -0.3 is 5.73 Å². The van der Waals surface area contributed by atoms with Crippen LogP contribution in [-0.4, -0.2) is 11.7 Å². The number of amides is 1. The largest absolute Gasteiger partial charge is 0.365 e. The molecule has 2 N–H and O–H groups in total. The molecule has 0 saturated heterocycles. The summed E-state index contributed by atoms with van der Waals surface area (Å²) in [5.41, 5.74) is 5.86. The third-order valence-corrected chi connectivity index (χ3v) is 2.35. The normalized spacial score (nSPS) is 11.2. The summed E-state index contributed by atoms with van der Waals surface area (Å²) in [5.74, 6) is -1.03. The maximum absolute atomic E-state index is 11.1. The molecule has 0 aliphatic heterocycles. The van der Waals surface area contributed by atoms with E-state index in [1.807, 2.05) is 12.1 Å². The number of benzene rings is 1. The lowest BCUT2D eigenvalue weighted by molar-refractivity contribution is -0.119. The molecule has 78 valence electrons. The van der Waals surface area contributed by atoms with Gasteiger partial charge in [0.25, 0.3) is 5.91 Å². The fourth-order valence-corrected chi connectivity index (χ4v) is 1.34. The van der Waals surface area contributed by atoms with Crippen molar-refractivity contribution in [3.05, 3.63) is 39.9 Å². The first-order valence-corrected chi connectivity index (χ1v) is 5.08. The van der Waals surface area contributed by atoms with Crippen molar-refractivity contribution in [2.24, 2.45) is 5.73 Å². The van der Waals surface area contributed by atoms with Crippen LogP contribution in [0.5, 0.6) is 0 Å². The Morgan fingerprint density at radius 3 is 2.20 bits per heavy atom. The van der Waals surface area contributed by atoms with Crippen molar-refractivity contribution in [3.63, 3.8) is 0 Å². The molecule has 4 heteroatoms. The van der Waals surface area contributed by atoms with Crippen molar-refractivity contribution in [2.45, 2.75) is 6.92 Å². The van der Waals surface area contributed by atoms with Crippen molar-refractivity contribution in [1.29, 1.82) is 0 Å². The van der Waals surface area contributed by atoms with Crippen LogP contribution >= 0.6 is 15.9 Å². The molecule has 0 aliphatic carbocycles. The van der Waals surface area contributed by atoms with Gasteiger partial charge in [-0.05, 0) is 30.7 Å². The van der Waals surface area contributed by atoms with Gasteiger partial charge in [-0.1, -0.05) is 28.1 Å². The Balaban J connectivity index is 3.08. The van der Waals surface area contributed by atoms with Crippen LogP contribution in [0.2, 0.25) is 0 Å². The fourth-order valence-electron chi connectivity index (χ4n) is 1.07. The van der Waals surface area contributed by atoms with Crippen molar-refractivity contribution in [2.75, 3.05) is 0 Å². The van der Waals surface area contributed by atoms with E-state index in [-0.39, 0.29) is 11.4 Å². The van der Waals surface area contributed by atoms with E-state index < -0.39 is 5.91 Å². The summed E-state index contributed by atoms with van der Waals surface area (Å²) < 4.78 is 0.933. The summed E-state index contributed by atoms with van der Waals surface area (Å²) in [6, 6.07) is 7.22. The summed E-state index contributed by atoms with van der Waals surface area (Å²) in [7, 11) is 0. The number of nitrogens with two attached hydrogens (primary N) is 1. The average molecular weight is 268 g/mol. The quantitative estimate of drug-likeness (QED) is 0.517. The second-order valence-electron chi connectivity index (χ2n) is 3.03. The monoisotopic (exact) mass is 267 g/mol. The van der Waals surface area contributed by atoms with Gasteiger partial charge in [-0.3, -0.25) is 9.59 Å². The Hall–Kier alpha value is -1.42. The van der Waals surface area contributed by atoms with E-state index >= 15 is 0 Å². The van der Waals surface area contributed by atoms with Crippen LogP contribution in [0, 0.1) is 0 Å². The predicted molar refractivity (Wildman–Crippen MR) is 62.0 cm³/mol. The number of ketones is 1. The number of primary amides is 1. The summed E-state index contributed by atoms with van der Waals surface area (Å²) >= 11 is 3.29. The number of rotatable bonds is 3. The van der Waals surface area contributed by atoms with Crippen LogP contribution in [0.1, 0.15) is 12.5 Å². The lowest BCUT2D eigenvalue weighted by atomic mass is 10.1. The van der Waals surface area contributed by atoms with Crippen molar-refractivity contribution in [1.82, 2.24) is 0 Å². The molecular formula is C11H10BrNO2. The molecule has 0 radical (unpaired) electrons. The van der Waals surface area contributed by atoms with Gasteiger partial charge in [0.2, 0.25) is 0 Å². The molecule has 0 aliphatic rings. The summed E-state index contributed by atoms with van der Waals surface area (Å²) in [5, 5.41) is 0. The fraction of sp³-hybridized carbons (Fsp3) is 0.0909. The Morgan fingerprint density at radius 1 is 1.27 bits per heavy atom. The van der Waals surface area contributed by atoms with Gasteiger partial charge in [0.1, 0.15) is 0 Å². The van der Waals surface area contributed by atoms with E-state index in [2.05, 4.69) is 15.9 Å². The van der Waals surface area contributed by atoms with Crippen LogP contribution in [0.25, 0.3) is 6.08 Å². The third-order valence-electron chi connectivity index (χ3n) is 1.83. The van der Waals surface area contributed by atoms with E-state index in [1.165, 1.54) is 13.0 Å². The van der Waals surface area contributed by atoms with Crippen molar-refractivity contribution >= 4 is 33.7 Å². The molecule has 0 unspecified atom stereocenters. The highest BCUT2D eigenvalue weighted by atomic mass is 79.9. The number of hydrogen-bond donors (Lipinski definition) is 1. The maximum atomic E-state index is 11.1. The number of hydrogen-bond acceptors (Lipinski definition) is 2. The Morgan fingerprint density at radius 2 is 1.80 bits per heavy atom. The average Bonchev–Trinajstić information content (AvgIpc) is 2.15. The van der Waals surface area contributed by atoms with Gasteiger partial charge in [-0.25, -0.2) is 0 Å².